The molecule has 1 fully saturated rings. The second kappa shape index (κ2) is 6.77. The first-order valence-corrected chi connectivity index (χ1v) is 7.83. The lowest BCUT2D eigenvalue weighted by atomic mass is 9.85. The van der Waals surface area contributed by atoms with Crippen molar-refractivity contribution in [3.63, 3.8) is 0 Å². The average Bonchev–Trinajstić information content (AvgIpc) is 2.78. The molecule has 1 heterocycles. The molecule has 1 rings (SSSR count). The highest BCUT2D eigenvalue weighted by Gasteiger charge is 2.39. The van der Waals surface area contributed by atoms with Crippen molar-refractivity contribution in [2.45, 2.75) is 65.6 Å². The van der Waals surface area contributed by atoms with E-state index in [4.69, 9.17) is 0 Å². The third-order valence-corrected chi connectivity index (χ3v) is 4.39. The zero-order chi connectivity index (χ0) is 16.4. The maximum atomic E-state index is 12.8. The van der Waals surface area contributed by atoms with E-state index in [-0.39, 0.29) is 29.3 Å². The Bertz CT molecular complexity index is 387. The van der Waals surface area contributed by atoms with Crippen molar-refractivity contribution in [1.29, 1.82) is 0 Å². The Kier molecular flexibility index (Phi) is 5.79. The van der Waals surface area contributed by atoms with E-state index in [1.54, 1.807) is 0 Å². The molecule has 1 aliphatic rings. The van der Waals surface area contributed by atoms with E-state index in [0.717, 1.165) is 19.4 Å². The number of likely N-dealkylation sites (N-methyl/N-ethyl adjacent to an activating group) is 1. The molecule has 0 aromatic heterocycles. The summed E-state index contributed by atoms with van der Waals surface area (Å²) in [7, 11) is 3.72. The van der Waals surface area contributed by atoms with E-state index < -0.39 is 6.04 Å². The molecular weight excluding hydrogens is 266 g/mol. The molecule has 0 saturated carbocycles. The van der Waals surface area contributed by atoms with Gasteiger partial charge in [0.25, 0.3) is 0 Å². The molecule has 0 radical (unpaired) electrons. The monoisotopic (exact) mass is 297 g/mol. The van der Waals surface area contributed by atoms with Crippen LogP contribution in [-0.4, -0.2) is 60.4 Å². The molecular formula is C16H31N3O2. The number of hydrogen-bond acceptors (Lipinski definition) is 3. The summed E-state index contributed by atoms with van der Waals surface area (Å²) in [6.07, 6.45) is 2.09. The van der Waals surface area contributed by atoms with Crippen LogP contribution in [0.15, 0.2) is 0 Å². The van der Waals surface area contributed by atoms with Gasteiger partial charge < -0.3 is 10.2 Å². The Labute approximate surface area is 129 Å². The number of amides is 2. The van der Waals surface area contributed by atoms with Crippen LogP contribution in [0.1, 0.15) is 47.5 Å². The lowest BCUT2D eigenvalue weighted by molar-refractivity contribution is -0.140. The van der Waals surface area contributed by atoms with Crippen LogP contribution in [0.5, 0.6) is 0 Å². The molecule has 0 aromatic rings. The first kappa shape index (κ1) is 18.0. The number of nitrogens with one attached hydrogen (secondary N) is 1. The van der Waals surface area contributed by atoms with Crippen molar-refractivity contribution in [2.75, 3.05) is 20.6 Å². The first-order valence-electron chi connectivity index (χ1n) is 7.83. The highest BCUT2D eigenvalue weighted by molar-refractivity contribution is 5.90. The van der Waals surface area contributed by atoms with Crippen LogP contribution in [0.25, 0.3) is 0 Å². The predicted molar refractivity (Wildman–Crippen MR) is 84.9 cm³/mol. The van der Waals surface area contributed by atoms with E-state index in [2.05, 4.69) is 12.2 Å². The van der Waals surface area contributed by atoms with Gasteiger partial charge in [0.2, 0.25) is 11.8 Å². The Balaban J connectivity index is 2.87. The zero-order valence-electron chi connectivity index (χ0n) is 14.6. The van der Waals surface area contributed by atoms with Gasteiger partial charge in [-0.15, -0.1) is 0 Å². The fraction of sp³-hybridized carbons (Fsp3) is 0.875. The highest BCUT2D eigenvalue weighted by Crippen LogP contribution is 2.25. The van der Waals surface area contributed by atoms with Crippen LogP contribution in [0.3, 0.4) is 0 Å². The lowest BCUT2D eigenvalue weighted by Gasteiger charge is -2.36. The first-order chi connectivity index (χ1) is 9.55. The molecule has 3 atom stereocenters. The van der Waals surface area contributed by atoms with Crippen molar-refractivity contribution in [3.8, 4) is 0 Å². The number of carbonyl (C=O) groups is 2. The Morgan fingerprint density at radius 3 is 2.24 bits per heavy atom. The van der Waals surface area contributed by atoms with E-state index in [9.17, 15) is 9.59 Å². The molecule has 0 bridgehead atoms. The van der Waals surface area contributed by atoms with Gasteiger partial charge in [-0.1, -0.05) is 20.8 Å². The van der Waals surface area contributed by atoms with Crippen LogP contribution >= 0.6 is 0 Å². The standard InChI is InChI=1S/C16H31N3O2/c1-11-9-8-10-19(11)15(21)13(16(3,4)5)17-14(20)12(2)18(6)7/h11-13H,8-10H2,1-7H3,(H,17,20)/t11-,12+,13-/m1/s1. The van der Waals surface area contributed by atoms with Gasteiger partial charge in [-0.2, -0.15) is 0 Å². The van der Waals surface area contributed by atoms with Gasteiger partial charge >= 0.3 is 0 Å². The third kappa shape index (κ3) is 4.43. The minimum absolute atomic E-state index is 0.0480. The van der Waals surface area contributed by atoms with Gasteiger partial charge in [0.05, 0.1) is 6.04 Å². The summed E-state index contributed by atoms with van der Waals surface area (Å²) in [5.41, 5.74) is -0.304. The van der Waals surface area contributed by atoms with E-state index in [1.807, 2.05) is 51.6 Å². The molecule has 1 N–H and O–H groups in total. The fourth-order valence-corrected chi connectivity index (χ4v) is 2.57. The predicted octanol–water partition coefficient (Wildman–Crippen LogP) is 1.48. The van der Waals surface area contributed by atoms with Gasteiger partial charge in [0.1, 0.15) is 6.04 Å². The number of rotatable bonds is 4. The van der Waals surface area contributed by atoms with Gasteiger partial charge in [-0.05, 0) is 46.2 Å². The Morgan fingerprint density at radius 2 is 1.86 bits per heavy atom. The highest BCUT2D eigenvalue weighted by atomic mass is 16.2. The molecule has 2 amide bonds. The quantitative estimate of drug-likeness (QED) is 0.855. The minimum atomic E-state index is -0.479. The largest absolute Gasteiger partial charge is 0.342 e. The number of hydrogen-bond donors (Lipinski definition) is 1. The van der Waals surface area contributed by atoms with Crippen LogP contribution in [0.2, 0.25) is 0 Å². The second-order valence-corrected chi connectivity index (χ2v) is 7.47. The minimum Gasteiger partial charge on any atom is -0.342 e. The normalized spacial score (nSPS) is 22.3. The summed E-state index contributed by atoms with van der Waals surface area (Å²) >= 11 is 0. The molecule has 5 nitrogen and oxygen atoms in total. The van der Waals surface area contributed by atoms with Crippen LogP contribution < -0.4 is 5.32 Å². The summed E-state index contributed by atoms with van der Waals surface area (Å²) < 4.78 is 0. The lowest BCUT2D eigenvalue weighted by Crippen LogP contribution is -2.58. The van der Waals surface area contributed by atoms with E-state index in [1.165, 1.54) is 0 Å². The smallest absolute Gasteiger partial charge is 0.245 e. The number of likely N-dealkylation sites (tertiary alicyclic amines) is 1. The van der Waals surface area contributed by atoms with Crippen LogP contribution in [-0.2, 0) is 9.59 Å². The molecule has 21 heavy (non-hydrogen) atoms. The van der Waals surface area contributed by atoms with E-state index >= 15 is 0 Å². The summed E-state index contributed by atoms with van der Waals surface area (Å²) in [5.74, 6) is -0.0491. The molecule has 5 heteroatoms. The SMILES string of the molecule is C[C@@H]1CCCN1C(=O)[C@@H](NC(=O)[C@H](C)N(C)C)C(C)(C)C. The maximum absolute atomic E-state index is 12.8. The van der Waals surface area contributed by atoms with Gasteiger partial charge in [0, 0.05) is 12.6 Å². The average molecular weight is 297 g/mol. The van der Waals surface area contributed by atoms with Crippen molar-refractivity contribution >= 4 is 11.8 Å². The van der Waals surface area contributed by atoms with Gasteiger partial charge in [-0.3, -0.25) is 14.5 Å². The second-order valence-electron chi connectivity index (χ2n) is 7.47. The summed E-state index contributed by atoms with van der Waals surface area (Å²) in [6, 6.07) is -0.461. The summed E-state index contributed by atoms with van der Waals surface area (Å²) in [6.45, 7) is 10.7. The molecule has 0 spiro atoms. The fourth-order valence-electron chi connectivity index (χ4n) is 2.57. The van der Waals surface area contributed by atoms with Gasteiger partial charge in [0.15, 0.2) is 0 Å². The summed E-state index contributed by atoms with van der Waals surface area (Å²) in [4.78, 5) is 28.9. The van der Waals surface area contributed by atoms with Crippen molar-refractivity contribution in [2.24, 2.45) is 5.41 Å². The zero-order valence-corrected chi connectivity index (χ0v) is 14.6. The molecule has 0 aromatic carbocycles. The summed E-state index contributed by atoms with van der Waals surface area (Å²) in [5, 5.41) is 2.96. The number of nitrogens with zero attached hydrogens (tertiary/aromatic N) is 2. The molecule has 0 aliphatic carbocycles. The Morgan fingerprint density at radius 1 is 1.29 bits per heavy atom. The molecule has 1 aliphatic heterocycles. The number of carbonyl (C=O) groups excluding carboxylic acids is 2. The van der Waals surface area contributed by atoms with Crippen molar-refractivity contribution < 1.29 is 9.59 Å². The van der Waals surface area contributed by atoms with Gasteiger partial charge in [-0.25, -0.2) is 0 Å². The topological polar surface area (TPSA) is 52.7 Å². The Hall–Kier alpha value is -1.10. The molecule has 1 saturated heterocycles. The molecule has 122 valence electrons. The van der Waals surface area contributed by atoms with E-state index in [0.29, 0.717) is 0 Å². The van der Waals surface area contributed by atoms with Crippen molar-refractivity contribution in [3.05, 3.63) is 0 Å². The van der Waals surface area contributed by atoms with Crippen LogP contribution in [0.4, 0.5) is 0 Å². The molecule has 0 unspecified atom stereocenters. The maximum Gasteiger partial charge on any atom is 0.245 e. The van der Waals surface area contributed by atoms with Crippen molar-refractivity contribution in [1.82, 2.24) is 15.1 Å². The third-order valence-electron chi connectivity index (χ3n) is 4.39. The van der Waals surface area contributed by atoms with Crippen LogP contribution in [0, 0.1) is 5.41 Å².